The van der Waals surface area contributed by atoms with Crippen molar-refractivity contribution in [2.75, 3.05) is 11.9 Å². The van der Waals surface area contributed by atoms with Gasteiger partial charge in [0.2, 0.25) is 11.9 Å². The van der Waals surface area contributed by atoms with Gasteiger partial charge in [0.1, 0.15) is 29.9 Å². The molecule has 4 unspecified atom stereocenters. The number of rotatable bonds is 4. The molecule has 0 saturated carbocycles. The summed E-state index contributed by atoms with van der Waals surface area (Å²) in [5.41, 5.74) is 0.846. The van der Waals surface area contributed by atoms with Crippen molar-refractivity contribution in [3.05, 3.63) is 47.4 Å². The molecule has 3 fully saturated rings. The molecule has 3 aliphatic heterocycles. The average molecular weight is 588 g/mol. The van der Waals surface area contributed by atoms with Gasteiger partial charge in [-0.05, 0) is 39.8 Å². The molecule has 6 rings (SSSR count). The van der Waals surface area contributed by atoms with E-state index in [-0.39, 0.29) is 34.8 Å². The van der Waals surface area contributed by atoms with Crippen LogP contribution in [0.25, 0.3) is 11.2 Å². The van der Waals surface area contributed by atoms with Crippen LogP contribution in [0.3, 0.4) is 0 Å². The molecular formula is C27H30ClN5O8. The Hall–Kier alpha value is -3.20. The Morgan fingerprint density at radius 2 is 1.73 bits per heavy atom. The van der Waals surface area contributed by atoms with Gasteiger partial charge >= 0.3 is 5.97 Å². The normalized spacial score (nSPS) is 30.2. The minimum absolute atomic E-state index is 0.0207. The third kappa shape index (κ3) is 5.41. The summed E-state index contributed by atoms with van der Waals surface area (Å²) in [7, 11) is 0. The van der Waals surface area contributed by atoms with Gasteiger partial charge in [-0.1, -0.05) is 29.8 Å². The number of halogens is 1. The molecule has 1 N–H and O–H groups in total. The molecule has 1 aromatic carbocycles. The van der Waals surface area contributed by atoms with Gasteiger partial charge in [-0.15, -0.1) is 0 Å². The molecule has 0 bridgehead atoms. The van der Waals surface area contributed by atoms with Crippen LogP contribution >= 0.6 is 11.6 Å². The highest BCUT2D eigenvalue weighted by Crippen LogP contribution is 2.44. The summed E-state index contributed by atoms with van der Waals surface area (Å²) in [6.45, 7) is 8.68. The van der Waals surface area contributed by atoms with Crippen LogP contribution in [-0.4, -0.2) is 80.1 Å². The number of nitrogens with one attached hydrogen (secondary N) is 1. The van der Waals surface area contributed by atoms with Gasteiger partial charge in [0, 0.05) is 6.92 Å². The fourth-order valence-electron chi connectivity index (χ4n) is 5.35. The first-order valence-corrected chi connectivity index (χ1v) is 13.6. The van der Waals surface area contributed by atoms with Crippen molar-refractivity contribution < 1.29 is 38.0 Å². The van der Waals surface area contributed by atoms with Crippen LogP contribution in [0.15, 0.2) is 36.7 Å². The Balaban J connectivity index is 1.49. The minimum atomic E-state index is -1.07. The Bertz CT molecular complexity index is 1480. The lowest BCUT2D eigenvalue weighted by Gasteiger charge is -2.42. The van der Waals surface area contributed by atoms with Crippen molar-refractivity contribution in [3.63, 3.8) is 0 Å². The van der Waals surface area contributed by atoms with Crippen molar-refractivity contribution in [2.24, 2.45) is 0 Å². The molecule has 1 amide bonds. The van der Waals surface area contributed by atoms with Gasteiger partial charge in [-0.2, -0.15) is 9.97 Å². The zero-order valence-electron chi connectivity index (χ0n) is 23.1. The van der Waals surface area contributed by atoms with E-state index in [1.165, 1.54) is 13.3 Å². The molecule has 13 nitrogen and oxygen atoms in total. The maximum absolute atomic E-state index is 13.5. The Morgan fingerprint density at radius 1 is 1.02 bits per heavy atom. The zero-order chi connectivity index (χ0) is 29.1. The van der Waals surface area contributed by atoms with E-state index in [4.69, 9.17) is 40.0 Å². The second-order valence-corrected chi connectivity index (χ2v) is 11.4. The second kappa shape index (κ2) is 10.3. The average Bonchev–Trinajstić information content (AvgIpc) is 3.44. The van der Waals surface area contributed by atoms with E-state index in [9.17, 15) is 9.59 Å². The lowest BCUT2D eigenvalue weighted by Crippen LogP contribution is -2.55. The minimum Gasteiger partial charge on any atom is -0.451 e. The quantitative estimate of drug-likeness (QED) is 0.354. The molecule has 0 aliphatic carbocycles. The molecule has 3 aromatic rings. The number of esters is 1. The number of amides is 1. The number of fused-ring (bicyclic) bond motifs is 4. The van der Waals surface area contributed by atoms with Crippen LogP contribution in [0.5, 0.6) is 0 Å². The second-order valence-electron chi connectivity index (χ2n) is 11.0. The predicted molar refractivity (Wildman–Crippen MR) is 143 cm³/mol. The van der Waals surface area contributed by atoms with E-state index in [1.54, 1.807) is 62.6 Å². The summed E-state index contributed by atoms with van der Waals surface area (Å²) < 4.78 is 39.4. The summed E-state index contributed by atoms with van der Waals surface area (Å²) in [5.74, 6) is -2.93. The van der Waals surface area contributed by atoms with Crippen LogP contribution < -0.4 is 5.32 Å². The van der Waals surface area contributed by atoms with Crippen LogP contribution in [0.1, 0.15) is 51.2 Å². The number of carbonyl (C=O) groups is 2. The zero-order valence-corrected chi connectivity index (χ0v) is 23.8. The van der Waals surface area contributed by atoms with E-state index < -0.39 is 54.3 Å². The van der Waals surface area contributed by atoms with Crippen molar-refractivity contribution in [2.45, 2.75) is 82.9 Å². The van der Waals surface area contributed by atoms with E-state index in [2.05, 4.69) is 20.3 Å². The standard InChI is InChI=1S/C27H30ClN5O8/c1-13(34)30-25-31-21(28)16-22(32-25)33(12-29-16)23-20(38-24(35)14-9-7-6-8-10-14)19-18(40-27(4,5)41-19)17-15(37-23)11-36-26(2,3)39-17/h6-10,12,15,17-20,23H,11H2,1-5H3,(H,30,31,32,34)/t15?,17-,18?,19+,20?,23?/m1/s1. The molecule has 14 heteroatoms. The molecule has 218 valence electrons. The predicted octanol–water partition coefficient (Wildman–Crippen LogP) is 3.23. The van der Waals surface area contributed by atoms with Crippen molar-refractivity contribution in [3.8, 4) is 0 Å². The summed E-state index contributed by atoms with van der Waals surface area (Å²) >= 11 is 6.41. The van der Waals surface area contributed by atoms with Crippen molar-refractivity contribution in [1.82, 2.24) is 19.5 Å². The first-order chi connectivity index (χ1) is 19.4. The lowest BCUT2D eigenvalue weighted by molar-refractivity contribution is -0.332. The van der Waals surface area contributed by atoms with Gasteiger partial charge in [-0.3, -0.25) is 14.7 Å². The Morgan fingerprint density at radius 3 is 2.46 bits per heavy atom. The highest BCUT2D eigenvalue weighted by Gasteiger charge is 2.60. The molecule has 41 heavy (non-hydrogen) atoms. The van der Waals surface area contributed by atoms with Crippen molar-refractivity contribution in [1.29, 1.82) is 0 Å². The van der Waals surface area contributed by atoms with Gasteiger partial charge in [0.05, 0.1) is 18.5 Å². The van der Waals surface area contributed by atoms with Gasteiger partial charge < -0.3 is 28.4 Å². The van der Waals surface area contributed by atoms with Crippen LogP contribution in [0, 0.1) is 0 Å². The summed E-state index contributed by atoms with van der Waals surface area (Å²) in [4.78, 5) is 38.2. The summed E-state index contributed by atoms with van der Waals surface area (Å²) in [6.07, 6.45) is -3.43. The number of hydrogen-bond acceptors (Lipinski definition) is 11. The number of anilines is 1. The van der Waals surface area contributed by atoms with Gasteiger partial charge in [0.25, 0.3) is 0 Å². The molecule has 0 radical (unpaired) electrons. The Labute approximate surface area is 240 Å². The molecule has 3 aliphatic rings. The fourth-order valence-corrected chi connectivity index (χ4v) is 5.56. The summed E-state index contributed by atoms with van der Waals surface area (Å²) in [6, 6.07) is 8.60. The molecule has 5 heterocycles. The maximum atomic E-state index is 13.5. The first-order valence-electron chi connectivity index (χ1n) is 13.2. The number of hydrogen-bond donors (Lipinski definition) is 1. The van der Waals surface area contributed by atoms with Crippen molar-refractivity contribution >= 4 is 40.6 Å². The largest absolute Gasteiger partial charge is 0.451 e. The third-order valence-corrected chi connectivity index (χ3v) is 7.25. The van der Waals surface area contributed by atoms with Crippen LogP contribution in [-0.2, 0) is 33.2 Å². The number of aromatic nitrogens is 4. The third-order valence-electron chi connectivity index (χ3n) is 6.98. The highest BCUT2D eigenvalue weighted by atomic mass is 35.5. The first kappa shape index (κ1) is 27.9. The van der Waals surface area contributed by atoms with E-state index >= 15 is 0 Å². The molecular weight excluding hydrogens is 558 g/mol. The smallest absolute Gasteiger partial charge is 0.338 e. The van der Waals surface area contributed by atoms with Crippen LogP contribution in [0.4, 0.5) is 5.95 Å². The molecule has 2 aromatic heterocycles. The van der Waals surface area contributed by atoms with Crippen LogP contribution in [0.2, 0.25) is 5.15 Å². The summed E-state index contributed by atoms with van der Waals surface area (Å²) in [5, 5.41) is 2.56. The highest BCUT2D eigenvalue weighted by molar-refractivity contribution is 6.33. The Kier molecular flexibility index (Phi) is 6.99. The van der Waals surface area contributed by atoms with Gasteiger partial charge in [0.15, 0.2) is 34.7 Å². The maximum Gasteiger partial charge on any atom is 0.338 e. The number of ether oxygens (including phenoxy) is 6. The number of imidazole rings is 1. The lowest BCUT2D eigenvalue weighted by atomic mass is 9.99. The molecule has 0 spiro atoms. The molecule has 6 atom stereocenters. The monoisotopic (exact) mass is 587 g/mol. The SMILES string of the molecule is CC(=O)Nc1nc(Cl)c2ncn(C3OC4COC(C)(C)O[C@H]4C4OC(C)(C)O[C@@H]4C3OC(=O)c3ccccc3)c2n1. The molecule has 3 saturated heterocycles. The van der Waals surface area contributed by atoms with E-state index in [0.29, 0.717) is 5.56 Å². The topological polar surface area (TPSA) is 145 Å². The van der Waals surface area contributed by atoms with Gasteiger partial charge in [-0.25, -0.2) is 9.78 Å². The number of benzene rings is 1. The number of carbonyl (C=O) groups excluding carboxylic acids is 2. The van der Waals surface area contributed by atoms with E-state index in [0.717, 1.165) is 0 Å². The van der Waals surface area contributed by atoms with E-state index in [1.807, 2.05) is 0 Å². The fraction of sp³-hybridized carbons (Fsp3) is 0.519. The number of nitrogens with zero attached hydrogens (tertiary/aromatic N) is 4.